The second-order valence-corrected chi connectivity index (χ2v) is 6.71. The van der Waals surface area contributed by atoms with E-state index in [1.165, 1.54) is 6.42 Å². The fourth-order valence-corrected chi connectivity index (χ4v) is 3.09. The normalized spacial score (nSPS) is 15.7. The molecule has 0 atom stereocenters. The van der Waals surface area contributed by atoms with Crippen molar-refractivity contribution in [3.05, 3.63) is 28.2 Å². The van der Waals surface area contributed by atoms with Crippen molar-refractivity contribution in [2.24, 2.45) is 5.92 Å². The second-order valence-electron chi connectivity index (χ2n) is 5.89. The quantitative estimate of drug-likeness (QED) is 0.809. The Labute approximate surface area is 148 Å². The lowest BCUT2D eigenvalue weighted by Crippen LogP contribution is -2.39. The monoisotopic (exact) mass is 358 g/mol. The van der Waals surface area contributed by atoms with Crippen LogP contribution in [0.4, 0.5) is 0 Å². The lowest BCUT2D eigenvalue weighted by molar-refractivity contribution is -0.133. The van der Waals surface area contributed by atoms with E-state index in [1.54, 1.807) is 18.2 Å². The summed E-state index contributed by atoms with van der Waals surface area (Å²) in [6.45, 7) is 3.13. The Hall–Kier alpha value is -0.970. The Bertz CT molecular complexity index is 517. The molecule has 4 nitrogen and oxygen atoms in total. The average molecular weight is 359 g/mol. The van der Waals surface area contributed by atoms with E-state index in [0.29, 0.717) is 28.8 Å². The van der Waals surface area contributed by atoms with E-state index in [4.69, 9.17) is 27.9 Å². The van der Waals surface area contributed by atoms with E-state index in [2.05, 4.69) is 5.32 Å². The third-order valence-electron chi connectivity index (χ3n) is 4.25. The van der Waals surface area contributed by atoms with Crippen LogP contribution in [0, 0.1) is 5.92 Å². The highest BCUT2D eigenvalue weighted by Gasteiger charge is 2.22. The average Bonchev–Trinajstić information content (AvgIpc) is 2.56. The summed E-state index contributed by atoms with van der Waals surface area (Å²) in [5, 5.41) is 4.14. The van der Waals surface area contributed by atoms with Crippen molar-refractivity contribution >= 4 is 29.1 Å². The van der Waals surface area contributed by atoms with E-state index in [-0.39, 0.29) is 5.91 Å². The minimum atomic E-state index is 0.164. The highest BCUT2D eigenvalue weighted by molar-refractivity contribution is 6.42. The van der Waals surface area contributed by atoms with Gasteiger partial charge in [0, 0.05) is 19.2 Å². The summed E-state index contributed by atoms with van der Waals surface area (Å²) in [6.07, 6.45) is 3.78. The number of ether oxygens (including phenoxy) is 1. The van der Waals surface area contributed by atoms with Gasteiger partial charge in [0.2, 0.25) is 5.91 Å². The van der Waals surface area contributed by atoms with Crippen LogP contribution in [0.2, 0.25) is 10.0 Å². The number of amides is 1. The molecule has 23 heavy (non-hydrogen) atoms. The maximum absolute atomic E-state index is 12.2. The molecule has 2 rings (SSSR count). The van der Waals surface area contributed by atoms with Gasteiger partial charge in [-0.2, -0.15) is 0 Å². The molecule has 0 radical (unpaired) electrons. The molecule has 1 aromatic carbocycles. The standard InChI is InChI=1S/C17H24Cl2N2O2/c1-20-8-4-13-5-9-21(10-6-13)17(22)7-11-23-14-2-3-15(18)16(19)12-14/h2-3,12-13,20H,4-11H2,1H3. The molecule has 1 aliphatic rings. The number of likely N-dealkylation sites (tertiary alicyclic amines) is 1. The number of benzene rings is 1. The van der Waals surface area contributed by atoms with E-state index in [9.17, 15) is 4.79 Å². The molecule has 1 amide bonds. The molecule has 0 unspecified atom stereocenters. The van der Waals surface area contributed by atoms with Gasteiger partial charge in [0.1, 0.15) is 5.75 Å². The van der Waals surface area contributed by atoms with Gasteiger partial charge in [-0.3, -0.25) is 4.79 Å². The number of hydrogen-bond donors (Lipinski definition) is 1. The second kappa shape index (κ2) is 9.36. The summed E-state index contributed by atoms with van der Waals surface area (Å²) >= 11 is 11.8. The number of hydrogen-bond acceptors (Lipinski definition) is 3. The third-order valence-corrected chi connectivity index (χ3v) is 4.98. The first kappa shape index (κ1) is 18.4. The van der Waals surface area contributed by atoms with E-state index in [1.807, 2.05) is 11.9 Å². The van der Waals surface area contributed by atoms with Crippen molar-refractivity contribution in [3.8, 4) is 5.75 Å². The SMILES string of the molecule is CNCCC1CCN(C(=O)CCOc2ccc(Cl)c(Cl)c2)CC1. The summed E-state index contributed by atoms with van der Waals surface area (Å²) in [4.78, 5) is 14.2. The van der Waals surface area contributed by atoms with E-state index >= 15 is 0 Å². The first-order valence-corrected chi connectivity index (χ1v) is 8.86. The number of nitrogens with zero attached hydrogens (tertiary/aromatic N) is 1. The molecule has 1 N–H and O–H groups in total. The van der Waals surface area contributed by atoms with Crippen molar-refractivity contribution < 1.29 is 9.53 Å². The number of nitrogens with one attached hydrogen (secondary N) is 1. The Morgan fingerprint density at radius 2 is 2.04 bits per heavy atom. The van der Waals surface area contributed by atoms with Gasteiger partial charge >= 0.3 is 0 Å². The van der Waals surface area contributed by atoms with Crippen molar-refractivity contribution in [1.82, 2.24) is 10.2 Å². The van der Waals surface area contributed by atoms with Gasteiger partial charge in [0.05, 0.1) is 23.1 Å². The third kappa shape index (κ3) is 5.87. The molecular weight excluding hydrogens is 335 g/mol. The smallest absolute Gasteiger partial charge is 0.225 e. The summed E-state index contributed by atoms with van der Waals surface area (Å²) in [5.74, 6) is 1.54. The zero-order chi connectivity index (χ0) is 16.7. The maximum Gasteiger partial charge on any atom is 0.225 e. The summed E-state index contributed by atoms with van der Waals surface area (Å²) in [7, 11) is 1.98. The molecule has 1 aliphatic heterocycles. The molecule has 0 aliphatic carbocycles. The Morgan fingerprint density at radius 1 is 1.30 bits per heavy atom. The highest BCUT2D eigenvalue weighted by Crippen LogP contribution is 2.26. The molecular formula is C17H24Cl2N2O2. The van der Waals surface area contributed by atoms with Gasteiger partial charge in [-0.05, 0) is 50.9 Å². The molecule has 1 saturated heterocycles. The van der Waals surface area contributed by atoms with Crippen molar-refractivity contribution in [3.63, 3.8) is 0 Å². The first-order chi connectivity index (χ1) is 11.1. The highest BCUT2D eigenvalue weighted by atomic mass is 35.5. The molecule has 0 saturated carbocycles. The minimum absolute atomic E-state index is 0.164. The Kier molecular flexibility index (Phi) is 7.47. The zero-order valence-electron chi connectivity index (χ0n) is 13.5. The van der Waals surface area contributed by atoms with Crippen LogP contribution < -0.4 is 10.1 Å². The molecule has 1 fully saturated rings. The van der Waals surface area contributed by atoms with E-state index < -0.39 is 0 Å². The van der Waals surface area contributed by atoms with Crippen LogP contribution in [0.1, 0.15) is 25.7 Å². The number of rotatable bonds is 7. The fourth-order valence-electron chi connectivity index (χ4n) is 2.80. The molecule has 0 spiro atoms. The summed E-state index contributed by atoms with van der Waals surface area (Å²) in [6, 6.07) is 5.12. The lowest BCUT2D eigenvalue weighted by Gasteiger charge is -2.32. The molecule has 128 valence electrons. The van der Waals surface area contributed by atoms with Crippen molar-refractivity contribution in [2.45, 2.75) is 25.7 Å². The summed E-state index contributed by atoms with van der Waals surface area (Å²) < 4.78 is 5.58. The van der Waals surface area contributed by atoms with Gasteiger partial charge in [-0.15, -0.1) is 0 Å². The van der Waals surface area contributed by atoms with E-state index in [0.717, 1.165) is 38.4 Å². The lowest BCUT2D eigenvalue weighted by atomic mass is 9.93. The van der Waals surface area contributed by atoms with Gasteiger partial charge in [-0.25, -0.2) is 0 Å². The maximum atomic E-state index is 12.2. The number of halogens is 2. The van der Waals surface area contributed by atoms with Crippen LogP contribution >= 0.6 is 23.2 Å². The Morgan fingerprint density at radius 3 is 2.70 bits per heavy atom. The molecule has 6 heteroatoms. The Balaban J connectivity index is 1.68. The molecule has 1 heterocycles. The molecule has 0 bridgehead atoms. The van der Waals surface area contributed by atoms with Crippen LogP contribution in [0.5, 0.6) is 5.75 Å². The van der Waals surface area contributed by atoms with Crippen molar-refractivity contribution in [1.29, 1.82) is 0 Å². The van der Waals surface area contributed by atoms with Crippen LogP contribution in [0.25, 0.3) is 0 Å². The fraction of sp³-hybridized carbons (Fsp3) is 0.588. The van der Waals surface area contributed by atoms with Crippen LogP contribution in [0.15, 0.2) is 18.2 Å². The number of carbonyl (C=O) groups is 1. The predicted octanol–water partition coefficient (Wildman–Crippen LogP) is 3.61. The van der Waals surface area contributed by atoms with Gasteiger partial charge in [0.15, 0.2) is 0 Å². The zero-order valence-corrected chi connectivity index (χ0v) is 15.0. The minimum Gasteiger partial charge on any atom is -0.493 e. The van der Waals surface area contributed by atoms with Gasteiger partial charge < -0.3 is 15.0 Å². The molecule has 0 aromatic heterocycles. The predicted molar refractivity (Wildman–Crippen MR) is 94.4 cm³/mol. The first-order valence-electron chi connectivity index (χ1n) is 8.10. The van der Waals surface area contributed by atoms with Crippen molar-refractivity contribution in [2.75, 3.05) is 33.3 Å². The number of piperidine rings is 1. The van der Waals surface area contributed by atoms with Crippen LogP contribution in [-0.2, 0) is 4.79 Å². The summed E-state index contributed by atoms with van der Waals surface area (Å²) in [5.41, 5.74) is 0. The molecule has 1 aromatic rings. The van der Waals surface area contributed by atoms with Gasteiger partial charge in [0.25, 0.3) is 0 Å². The van der Waals surface area contributed by atoms with Crippen LogP contribution in [-0.4, -0.2) is 44.1 Å². The largest absolute Gasteiger partial charge is 0.493 e. The number of carbonyl (C=O) groups excluding carboxylic acids is 1. The van der Waals surface area contributed by atoms with Crippen LogP contribution in [0.3, 0.4) is 0 Å². The topological polar surface area (TPSA) is 41.6 Å². The van der Waals surface area contributed by atoms with Gasteiger partial charge in [-0.1, -0.05) is 23.2 Å².